The zero-order valence-electron chi connectivity index (χ0n) is 7.29. The van der Waals surface area contributed by atoms with Crippen molar-refractivity contribution >= 4 is 5.78 Å². The molecule has 0 bridgehead atoms. The minimum absolute atomic E-state index is 0.140. The number of nitrogens with zero attached hydrogens (tertiary/aromatic N) is 1. The molecule has 0 saturated carbocycles. The number of carbonyl (C=O) groups is 1. The quantitative estimate of drug-likeness (QED) is 0.605. The van der Waals surface area contributed by atoms with Gasteiger partial charge in [0.25, 0.3) is 0 Å². The van der Waals surface area contributed by atoms with Crippen molar-refractivity contribution in [1.82, 2.24) is 4.90 Å². The van der Waals surface area contributed by atoms with Crippen LogP contribution in [0.2, 0.25) is 0 Å². The Morgan fingerprint density at radius 1 is 1.42 bits per heavy atom. The number of hydrogen-bond donors (Lipinski definition) is 1. The van der Waals surface area contributed by atoms with Crippen LogP contribution in [0.3, 0.4) is 0 Å². The fourth-order valence-corrected chi connectivity index (χ4v) is 1.21. The van der Waals surface area contributed by atoms with E-state index in [9.17, 15) is 4.79 Å². The minimum atomic E-state index is 0.140. The smallest absolute Gasteiger partial charge is 0.147 e. The molecule has 12 heavy (non-hydrogen) atoms. The van der Waals surface area contributed by atoms with Gasteiger partial charge in [0.15, 0.2) is 0 Å². The molecule has 1 aliphatic heterocycles. The van der Waals surface area contributed by atoms with Crippen LogP contribution in [0.1, 0.15) is 6.42 Å². The van der Waals surface area contributed by atoms with Crippen molar-refractivity contribution in [1.29, 1.82) is 0 Å². The van der Waals surface area contributed by atoms with Crippen LogP contribution in [-0.4, -0.2) is 50.1 Å². The number of ketones is 1. The predicted octanol–water partition coefficient (Wildman–Crippen LogP) is -0.764. The molecule has 0 aromatic rings. The van der Waals surface area contributed by atoms with Gasteiger partial charge in [0.2, 0.25) is 0 Å². The highest BCUT2D eigenvalue weighted by atomic mass is 16.5. The van der Waals surface area contributed by atoms with Gasteiger partial charge in [0.1, 0.15) is 5.78 Å². The first-order chi connectivity index (χ1) is 5.83. The van der Waals surface area contributed by atoms with E-state index in [0.29, 0.717) is 6.42 Å². The van der Waals surface area contributed by atoms with Gasteiger partial charge in [-0.25, -0.2) is 0 Å². The van der Waals surface area contributed by atoms with Crippen molar-refractivity contribution in [3.05, 3.63) is 0 Å². The standard InChI is InChI=1S/C8H16N2O2/c9-7-8(11)1-2-10-3-5-12-6-4-10/h1-7,9H2. The SMILES string of the molecule is NCC(=O)CCN1CCOCC1. The monoisotopic (exact) mass is 172 g/mol. The van der Waals surface area contributed by atoms with Crippen molar-refractivity contribution in [3.8, 4) is 0 Å². The molecule has 0 atom stereocenters. The van der Waals surface area contributed by atoms with E-state index in [0.717, 1.165) is 32.8 Å². The molecule has 0 radical (unpaired) electrons. The first-order valence-corrected chi connectivity index (χ1v) is 4.35. The van der Waals surface area contributed by atoms with E-state index in [1.165, 1.54) is 0 Å². The van der Waals surface area contributed by atoms with Gasteiger partial charge in [0, 0.05) is 26.1 Å². The maximum absolute atomic E-state index is 10.9. The summed E-state index contributed by atoms with van der Waals surface area (Å²) < 4.78 is 5.18. The molecule has 1 saturated heterocycles. The summed E-state index contributed by atoms with van der Waals surface area (Å²) in [5, 5.41) is 0. The Labute approximate surface area is 72.7 Å². The van der Waals surface area contributed by atoms with Crippen molar-refractivity contribution in [2.24, 2.45) is 5.73 Å². The molecule has 1 heterocycles. The van der Waals surface area contributed by atoms with Crippen LogP contribution in [0.25, 0.3) is 0 Å². The molecule has 4 nitrogen and oxygen atoms in total. The predicted molar refractivity (Wildman–Crippen MR) is 45.9 cm³/mol. The van der Waals surface area contributed by atoms with Crippen molar-refractivity contribution in [2.75, 3.05) is 39.4 Å². The summed E-state index contributed by atoms with van der Waals surface area (Å²) in [5.41, 5.74) is 5.19. The molecule has 70 valence electrons. The van der Waals surface area contributed by atoms with E-state index in [4.69, 9.17) is 10.5 Å². The molecule has 1 rings (SSSR count). The molecule has 0 spiro atoms. The molecule has 0 amide bonds. The fourth-order valence-electron chi connectivity index (χ4n) is 1.21. The molecular formula is C8H16N2O2. The lowest BCUT2D eigenvalue weighted by molar-refractivity contribution is -0.118. The van der Waals surface area contributed by atoms with Crippen LogP contribution in [0.4, 0.5) is 0 Å². The number of hydrogen-bond acceptors (Lipinski definition) is 4. The highest BCUT2D eigenvalue weighted by Crippen LogP contribution is 1.97. The van der Waals surface area contributed by atoms with Gasteiger partial charge < -0.3 is 10.5 Å². The number of rotatable bonds is 4. The van der Waals surface area contributed by atoms with Crippen LogP contribution in [0.15, 0.2) is 0 Å². The Morgan fingerprint density at radius 3 is 2.67 bits per heavy atom. The lowest BCUT2D eigenvalue weighted by Gasteiger charge is -2.25. The van der Waals surface area contributed by atoms with E-state index in [2.05, 4.69) is 4.90 Å². The summed E-state index contributed by atoms with van der Waals surface area (Å²) in [4.78, 5) is 13.1. The van der Waals surface area contributed by atoms with Gasteiger partial charge in [-0.15, -0.1) is 0 Å². The number of ether oxygens (including phenoxy) is 1. The number of Topliss-reactive ketones (excluding diaryl/α,β-unsaturated/α-hetero) is 1. The first kappa shape index (κ1) is 9.64. The van der Waals surface area contributed by atoms with E-state index in [-0.39, 0.29) is 12.3 Å². The summed E-state index contributed by atoms with van der Waals surface area (Å²) in [6.07, 6.45) is 0.580. The minimum Gasteiger partial charge on any atom is -0.379 e. The second-order valence-corrected chi connectivity index (χ2v) is 2.95. The van der Waals surface area contributed by atoms with E-state index < -0.39 is 0 Å². The molecule has 0 aromatic carbocycles. The van der Waals surface area contributed by atoms with Gasteiger partial charge in [-0.1, -0.05) is 0 Å². The topological polar surface area (TPSA) is 55.6 Å². The third-order valence-electron chi connectivity index (χ3n) is 2.04. The summed E-state index contributed by atoms with van der Waals surface area (Å²) in [5.74, 6) is 0.140. The Kier molecular flexibility index (Phi) is 4.21. The van der Waals surface area contributed by atoms with E-state index in [1.807, 2.05) is 0 Å². The van der Waals surface area contributed by atoms with Gasteiger partial charge in [-0.3, -0.25) is 9.69 Å². The van der Waals surface area contributed by atoms with Gasteiger partial charge >= 0.3 is 0 Å². The zero-order chi connectivity index (χ0) is 8.81. The summed E-state index contributed by atoms with van der Waals surface area (Å²) >= 11 is 0. The molecular weight excluding hydrogens is 156 g/mol. The first-order valence-electron chi connectivity index (χ1n) is 4.35. The molecule has 0 aromatic heterocycles. The lowest BCUT2D eigenvalue weighted by Crippen LogP contribution is -2.37. The molecule has 4 heteroatoms. The average Bonchev–Trinajstić information content (AvgIpc) is 2.16. The van der Waals surface area contributed by atoms with Crippen molar-refractivity contribution in [3.63, 3.8) is 0 Å². The second-order valence-electron chi connectivity index (χ2n) is 2.95. The Morgan fingerprint density at radius 2 is 2.08 bits per heavy atom. The third-order valence-corrected chi connectivity index (χ3v) is 2.04. The third kappa shape index (κ3) is 3.30. The van der Waals surface area contributed by atoms with E-state index in [1.54, 1.807) is 0 Å². The molecule has 1 aliphatic rings. The highest BCUT2D eigenvalue weighted by Gasteiger charge is 2.10. The molecule has 1 fully saturated rings. The van der Waals surface area contributed by atoms with Crippen LogP contribution >= 0.6 is 0 Å². The Balaban J connectivity index is 2.09. The van der Waals surface area contributed by atoms with Crippen LogP contribution in [-0.2, 0) is 9.53 Å². The summed E-state index contributed by atoms with van der Waals surface area (Å²) in [6, 6.07) is 0. The maximum Gasteiger partial charge on any atom is 0.147 e. The van der Waals surface area contributed by atoms with Crippen molar-refractivity contribution < 1.29 is 9.53 Å². The zero-order valence-corrected chi connectivity index (χ0v) is 7.29. The largest absolute Gasteiger partial charge is 0.379 e. The van der Waals surface area contributed by atoms with Crippen LogP contribution < -0.4 is 5.73 Å². The summed E-state index contributed by atoms with van der Waals surface area (Å²) in [6.45, 7) is 4.47. The second kappa shape index (κ2) is 5.24. The number of nitrogens with two attached hydrogens (primary N) is 1. The molecule has 2 N–H and O–H groups in total. The number of carbonyl (C=O) groups excluding carboxylic acids is 1. The summed E-state index contributed by atoms with van der Waals surface area (Å²) in [7, 11) is 0. The van der Waals surface area contributed by atoms with Crippen LogP contribution in [0, 0.1) is 0 Å². The number of morpholine rings is 1. The Hall–Kier alpha value is -0.450. The highest BCUT2D eigenvalue weighted by molar-refractivity contribution is 5.80. The lowest BCUT2D eigenvalue weighted by atomic mass is 10.2. The van der Waals surface area contributed by atoms with Gasteiger partial charge in [0.05, 0.1) is 19.8 Å². The van der Waals surface area contributed by atoms with Gasteiger partial charge in [-0.05, 0) is 0 Å². The van der Waals surface area contributed by atoms with Crippen molar-refractivity contribution in [2.45, 2.75) is 6.42 Å². The molecule has 0 unspecified atom stereocenters. The van der Waals surface area contributed by atoms with Crippen LogP contribution in [0.5, 0.6) is 0 Å². The Bertz CT molecular complexity index is 144. The maximum atomic E-state index is 10.9. The normalized spacial score (nSPS) is 19.4. The van der Waals surface area contributed by atoms with Gasteiger partial charge in [-0.2, -0.15) is 0 Å². The van der Waals surface area contributed by atoms with E-state index >= 15 is 0 Å². The molecule has 0 aliphatic carbocycles. The average molecular weight is 172 g/mol. The fraction of sp³-hybridized carbons (Fsp3) is 0.875.